The van der Waals surface area contributed by atoms with Gasteiger partial charge in [0.05, 0.1) is 21.8 Å². The molecular formula is C22H18Cl2N2O. The molecule has 0 spiro atoms. The Morgan fingerprint density at radius 2 is 1.74 bits per heavy atom. The molecule has 0 radical (unpaired) electrons. The number of carbonyl (C=O) groups excluding carboxylic acids is 1. The van der Waals surface area contributed by atoms with E-state index in [1.54, 1.807) is 36.4 Å². The third-order valence-electron chi connectivity index (χ3n) is 4.21. The molecule has 0 bridgehead atoms. The highest BCUT2D eigenvalue weighted by Crippen LogP contribution is 2.28. The summed E-state index contributed by atoms with van der Waals surface area (Å²) in [4.78, 5) is 18.9. The molecule has 27 heavy (non-hydrogen) atoms. The number of nitrogens with zero attached hydrogens (tertiary/aromatic N) is 2. The van der Waals surface area contributed by atoms with Gasteiger partial charge in [-0.2, -0.15) is 0 Å². The molecule has 5 heteroatoms. The number of pyridine rings is 1. The Morgan fingerprint density at radius 3 is 2.44 bits per heavy atom. The maximum Gasteiger partial charge on any atom is 0.247 e. The fraction of sp³-hybridized carbons (Fsp3) is 0.0909. The second-order valence-electron chi connectivity index (χ2n) is 5.99. The van der Waals surface area contributed by atoms with Crippen molar-refractivity contribution in [2.45, 2.75) is 6.04 Å². The van der Waals surface area contributed by atoms with Gasteiger partial charge in [-0.15, -0.1) is 0 Å². The van der Waals surface area contributed by atoms with Crippen molar-refractivity contribution in [3.63, 3.8) is 0 Å². The quantitative estimate of drug-likeness (QED) is 0.522. The van der Waals surface area contributed by atoms with Crippen molar-refractivity contribution in [1.29, 1.82) is 0 Å². The molecule has 0 saturated heterocycles. The van der Waals surface area contributed by atoms with Gasteiger partial charge in [0, 0.05) is 19.3 Å². The van der Waals surface area contributed by atoms with Gasteiger partial charge in [-0.05, 0) is 35.4 Å². The van der Waals surface area contributed by atoms with Gasteiger partial charge < -0.3 is 4.90 Å². The number of amides is 1. The average molecular weight is 397 g/mol. The minimum absolute atomic E-state index is 0.162. The normalized spacial score (nSPS) is 12.1. The van der Waals surface area contributed by atoms with E-state index in [9.17, 15) is 4.79 Å². The van der Waals surface area contributed by atoms with Crippen molar-refractivity contribution in [2.75, 3.05) is 7.05 Å². The highest BCUT2D eigenvalue weighted by Gasteiger charge is 2.23. The summed E-state index contributed by atoms with van der Waals surface area (Å²) in [5.74, 6) is -0.162. The van der Waals surface area contributed by atoms with Crippen LogP contribution in [0.2, 0.25) is 10.0 Å². The van der Waals surface area contributed by atoms with E-state index in [2.05, 4.69) is 4.98 Å². The summed E-state index contributed by atoms with van der Waals surface area (Å²) in [6.45, 7) is 0. The van der Waals surface area contributed by atoms with Crippen LogP contribution in [0.15, 0.2) is 79.0 Å². The van der Waals surface area contributed by atoms with Gasteiger partial charge >= 0.3 is 0 Å². The smallest absolute Gasteiger partial charge is 0.247 e. The first kappa shape index (κ1) is 19.2. The number of hydrogen-bond donors (Lipinski definition) is 0. The molecule has 2 aromatic carbocycles. The molecule has 136 valence electrons. The van der Waals surface area contributed by atoms with Crippen LogP contribution in [0.3, 0.4) is 0 Å². The van der Waals surface area contributed by atoms with Crippen molar-refractivity contribution in [3.05, 3.63) is 106 Å². The highest BCUT2D eigenvalue weighted by atomic mass is 35.5. The lowest BCUT2D eigenvalue weighted by molar-refractivity contribution is -0.126. The standard InChI is InChI=1S/C22H18Cl2N2O/c1-26(20(27)14-13-16-10-7-11-18(23)21(16)24)22(17-8-3-2-4-9-17)19-12-5-6-15-25-19/h2-15,22H,1H3/b14-13+. The summed E-state index contributed by atoms with van der Waals surface area (Å²) in [5, 5.41) is 0.880. The van der Waals surface area contributed by atoms with Crippen molar-refractivity contribution in [3.8, 4) is 0 Å². The first-order valence-electron chi connectivity index (χ1n) is 8.42. The van der Waals surface area contributed by atoms with Gasteiger partial charge in [0.15, 0.2) is 0 Å². The minimum atomic E-state index is -0.292. The van der Waals surface area contributed by atoms with Gasteiger partial charge in [0.25, 0.3) is 0 Å². The zero-order valence-electron chi connectivity index (χ0n) is 14.7. The molecule has 0 N–H and O–H groups in total. The first-order chi connectivity index (χ1) is 13.1. The largest absolute Gasteiger partial charge is 0.329 e. The summed E-state index contributed by atoms with van der Waals surface area (Å²) < 4.78 is 0. The number of rotatable bonds is 5. The molecule has 1 unspecified atom stereocenters. The number of halogens is 2. The molecule has 1 amide bonds. The lowest BCUT2D eigenvalue weighted by Crippen LogP contribution is -2.31. The fourth-order valence-electron chi connectivity index (χ4n) is 2.82. The summed E-state index contributed by atoms with van der Waals surface area (Å²) in [6.07, 6.45) is 4.90. The summed E-state index contributed by atoms with van der Waals surface area (Å²) in [5.41, 5.74) is 2.48. The monoisotopic (exact) mass is 396 g/mol. The molecule has 0 fully saturated rings. The molecule has 0 aliphatic carbocycles. The molecule has 1 heterocycles. The lowest BCUT2D eigenvalue weighted by atomic mass is 10.0. The third-order valence-corrected chi connectivity index (χ3v) is 5.04. The second kappa shape index (κ2) is 8.85. The van der Waals surface area contributed by atoms with Crippen molar-refractivity contribution in [2.24, 2.45) is 0 Å². The Balaban J connectivity index is 1.90. The highest BCUT2D eigenvalue weighted by molar-refractivity contribution is 6.42. The molecule has 0 aliphatic heterocycles. The topological polar surface area (TPSA) is 33.2 Å². The van der Waals surface area contributed by atoms with E-state index in [1.165, 1.54) is 6.08 Å². The maximum absolute atomic E-state index is 12.8. The number of benzene rings is 2. The molecule has 1 atom stereocenters. The zero-order chi connectivity index (χ0) is 19.2. The zero-order valence-corrected chi connectivity index (χ0v) is 16.2. The van der Waals surface area contributed by atoms with Crippen molar-refractivity contribution in [1.82, 2.24) is 9.88 Å². The number of hydrogen-bond acceptors (Lipinski definition) is 2. The Hall–Kier alpha value is -2.62. The molecule has 0 aliphatic rings. The van der Waals surface area contributed by atoms with E-state index in [1.807, 2.05) is 54.6 Å². The Labute approximate surface area is 168 Å². The van der Waals surface area contributed by atoms with E-state index in [0.29, 0.717) is 15.6 Å². The van der Waals surface area contributed by atoms with Crippen LogP contribution in [-0.2, 0) is 4.79 Å². The van der Waals surface area contributed by atoms with E-state index in [4.69, 9.17) is 23.2 Å². The third kappa shape index (κ3) is 4.57. The van der Waals surface area contributed by atoms with E-state index in [0.717, 1.165) is 11.3 Å². The lowest BCUT2D eigenvalue weighted by Gasteiger charge is -2.27. The Kier molecular flexibility index (Phi) is 6.28. The van der Waals surface area contributed by atoms with E-state index < -0.39 is 0 Å². The van der Waals surface area contributed by atoms with Crippen molar-refractivity contribution < 1.29 is 4.79 Å². The number of carbonyl (C=O) groups is 1. The van der Waals surface area contributed by atoms with Gasteiger partial charge in [-0.1, -0.05) is 71.7 Å². The number of likely N-dealkylation sites (N-methyl/N-ethyl adjacent to an activating group) is 1. The van der Waals surface area contributed by atoms with Crippen LogP contribution in [0.1, 0.15) is 22.9 Å². The predicted molar refractivity (Wildman–Crippen MR) is 111 cm³/mol. The molecule has 1 aromatic heterocycles. The minimum Gasteiger partial charge on any atom is -0.329 e. The average Bonchev–Trinajstić information content (AvgIpc) is 2.70. The van der Waals surface area contributed by atoms with Crippen LogP contribution in [0, 0.1) is 0 Å². The molecule has 0 saturated carbocycles. The predicted octanol–water partition coefficient (Wildman–Crippen LogP) is 5.65. The summed E-state index contributed by atoms with van der Waals surface area (Å²) >= 11 is 12.2. The van der Waals surface area contributed by atoms with Gasteiger partial charge in [0.2, 0.25) is 5.91 Å². The first-order valence-corrected chi connectivity index (χ1v) is 9.18. The SMILES string of the molecule is CN(C(=O)/C=C/c1cccc(Cl)c1Cl)C(c1ccccc1)c1ccccn1. The summed E-state index contributed by atoms with van der Waals surface area (Å²) in [6, 6.07) is 20.5. The van der Waals surface area contributed by atoms with E-state index >= 15 is 0 Å². The van der Waals surface area contributed by atoms with Crippen LogP contribution in [0.4, 0.5) is 0 Å². The number of aromatic nitrogens is 1. The Morgan fingerprint density at radius 1 is 1.00 bits per heavy atom. The molecule has 3 rings (SSSR count). The van der Waals surface area contributed by atoms with Crippen molar-refractivity contribution >= 4 is 35.2 Å². The van der Waals surface area contributed by atoms with Crippen LogP contribution in [0.5, 0.6) is 0 Å². The maximum atomic E-state index is 12.8. The molecule has 3 aromatic rings. The van der Waals surface area contributed by atoms with Crippen LogP contribution in [-0.4, -0.2) is 22.8 Å². The fourth-order valence-corrected chi connectivity index (χ4v) is 3.19. The Bertz CT molecular complexity index is 904. The van der Waals surface area contributed by atoms with Gasteiger partial charge in [0.1, 0.15) is 0 Å². The van der Waals surface area contributed by atoms with Crippen LogP contribution >= 0.6 is 23.2 Å². The van der Waals surface area contributed by atoms with Crippen LogP contribution < -0.4 is 0 Å². The van der Waals surface area contributed by atoms with Gasteiger partial charge in [-0.25, -0.2) is 0 Å². The molecule has 3 nitrogen and oxygen atoms in total. The molecular weight excluding hydrogens is 379 g/mol. The van der Waals surface area contributed by atoms with E-state index in [-0.39, 0.29) is 11.9 Å². The second-order valence-corrected chi connectivity index (χ2v) is 6.78. The van der Waals surface area contributed by atoms with Gasteiger partial charge in [-0.3, -0.25) is 9.78 Å². The van der Waals surface area contributed by atoms with Crippen LogP contribution in [0.25, 0.3) is 6.08 Å². The summed E-state index contributed by atoms with van der Waals surface area (Å²) in [7, 11) is 1.76.